The first-order valence-corrected chi connectivity index (χ1v) is 10.2. The Hall–Kier alpha value is -2.87. The first-order chi connectivity index (χ1) is 14.8. The Balaban J connectivity index is 2.03. The van der Waals surface area contributed by atoms with Gasteiger partial charge in [0.15, 0.2) is 5.96 Å². The van der Waals surface area contributed by atoms with Gasteiger partial charge in [0.05, 0.1) is 7.11 Å². The van der Waals surface area contributed by atoms with Gasteiger partial charge < -0.3 is 20.1 Å². The van der Waals surface area contributed by atoms with Crippen LogP contribution < -0.4 is 20.1 Å². The van der Waals surface area contributed by atoms with Crippen LogP contribution in [0.1, 0.15) is 30.5 Å². The predicted octanol–water partition coefficient (Wildman–Crippen LogP) is 4.00. The number of hydrogen-bond acceptors (Lipinski definition) is 4. The summed E-state index contributed by atoms with van der Waals surface area (Å²) in [5.74, 6) is 1.21. The number of methoxy groups -OCH3 is 1. The van der Waals surface area contributed by atoms with E-state index in [4.69, 9.17) is 4.74 Å². The Kier molecular flexibility index (Phi) is 9.52. The van der Waals surface area contributed by atoms with Gasteiger partial charge in [-0.15, -0.1) is 0 Å². The standard InChI is InChI=1S/C23H32F2N4O2/c1-16(2)29(4)15-18-9-7-6-8-17(18)13-27-23(26-3)28-14-19-12-20(30-5)10-11-21(19)31-22(24)25/h6-12,16,22H,13-15H2,1-5H3,(H2,26,27,28). The topological polar surface area (TPSA) is 58.1 Å². The second kappa shape index (κ2) is 12.1. The predicted molar refractivity (Wildman–Crippen MR) is 120 cm³/mol. The molecule has 0 bridgehead atoms. The van der Waals surface area contributed by atoms with Crippen LogP contribution in [-0.4, -0.2) is 44.7 Å². The summed E-state index contributed by atoms with van der Waals surface area (Å²) in [5.41, 5.74) is 2.95. The van der Waals surface area contributed by atoms with Crippen molar-refractivity contribution < 1.29 is 18.3 Å². The Morgan fingerprint density at radius 3 is 2.26 bits per heavy atom. The average Bonchev–Trinajstić information content (AvgIpc) is 2.75. The molecule has 0 saturated carbocycles. The van der Waals surface area contributed by atoms with Crippen LogP contribution in [-0.2, 0) is 19.6 Å². The largest absolute Gasteiger partial charge is 0.497 e. The lowest BCUT2D eigenvalue weighted by atomic mass is 10.1. The Morgan fingerprint density at radius 1 is 1.03 bits per heavy atom. The molecular weight excluding hydrogens is 402 g/mol. The molecule has 0 heterocycles. The van der Waals surface area contributed by atoms with Gasteiger partial charge in [-0.05, 0) is 50.2 Å². The fourth-order valence-electron chi connectivity index (χ4n) is 2.95. The van der Waals surface area contributed by atoms with E-state index in [9.17, 15) is 8.78 Å². The molecule has 0 aliphatic carbocycles. The molecule has 0 aromatic heterocycles. The molecule has 2 aromatic carbocycles. The molecule has 0 spiro atoms. The van der Waals surface area contributed by atoms with Gasteiger partial charge in [-0.1, -0.05) is 24.3 Å². The molecule has 8 heteroatoms. The maximum Gasteiger partial charge on any atom is 0.387 e. The highest BCUT2D eigenvalue weighted by Gasteiger charge is 2.12. The van der Waals surface area contributed by atoms with Crippen molar-refractivity contribution in [3.8, 4) is 11.5 Å². The molecule has 2 aromatic rings. The first kappa shape index (κ1) is 24.4. The second-order valence-electron chi connectivity index (χ2n) is 7.41. The summed E-state index contributed by atoms with van der Waals surface area (Å²) < 4.78 is 35.3. The maximum atomic E-state index is 12.7. The lowest BCUT2D eigenvalue weighted by molar-refractivity contribution is -0.0505. The third-order valence-electron chi connectivity index (χ3n) is 5.02. The highest BCUT2D eigenvalue weighted by molar-refractivity contribution is 5.79. The number of halogens is 2. The number of rotatable bonds is 10. The molecule has 2 N–H and O–H groups in total. The van der Waals surface area contributed by atoms with Crippen molar-refractivity contribution in [3.63, 3.8) is 0 Å². The molecule has 2 rings (SSSR count). The summed E-state index contributed by atoms with van der Waals surface area (Å²) in [6.07, 6.45) is 0. The zero-order chi connectivity index (χ0) is 22.8. The number of hydrogen-bond donors (Lipinski definition) is 2. The molecular formula is C23H32F2N4O2. The van der Waals surface area contributed by atoms with E-state index in [1.807, 2.05) is 12.1 Å². The minimum Gasteiger partial charge on any atom is -0.497 e. The highest BCUT2D eigenvalue weighted by Crippen LogP contribution is 2.25. The van der Waals surface area contributed by atoms with E-state index < -0.39 is 6.61 Å². The molecule has 31 heavy (non-hydrogen) atoms. The number of nitrogens with one attached hydrogen (secondary N) is 2. The van der Waals surface area contributed by atoms with Gasteiger partial charge in [0.25, 0.3) is 0 Å². The lowest BCUT2D eigenvalue weighted by Crippen LogP contribution is -2.36. The summed E-state index contributed by atoms with van der Waals surface area (Å²) in [6, 6.07) is 13.4. The number of ether oxygens (including phenoxy) is 2. The van der Waals surface area contributed by atoms with Crippen LogP contribution in [0.2, 0.25) is 0 Å². The summed E-state index contributed by atoms with van der Waals surface area (Å²) in [5, 5.41) is 6.44. The molecule has 6 nitrogen and oxygen atoms in total. The third kappa shape index (κ3) is 7.71. The number of benzene rings is 2. The van der Waals surface area contributed by atoms with E-state index in [1.54, 1.807) is 19.2 Å². The minimum absolute atomic E-state index is 0.0980. The Bertz CT molecular complexity index is 859. The zero-order valence-corrected chi connectivity index (χ0v) is 18.8. The van der Waals surface area contributed by atoms with E-state index in [-0.39, 0.29) is 12.3 Å². The lowest BCUT2D eigenvalue weighted by Gasteiger charge is -2.23. The molecule has 170 valence electrons. The summed E-state index contributed by atoms with van der Waals surface area (Å²) >= 11 is 0. The summed E-state index contributed by atoms with van der Waals surface area (Å²) in [4.78, 5) is 6.51. The van der Waals surface area contributed by atoms with Crippen LogP contribution in [0.25, 0.3) is 0 Å². The van der Waals surface area contributed by atoms with E-state index in [0.717, 1.165) is 6.54 Å². The molecule has 0 radical (unpaired) electrons. The van der Waals surface area contributed by atoms with E-state index in [0.29, 0.717) is 29.9 Å². The smallest absolute Gasteiger partial charge is 0.387 e. The monoisotopic (exact) mass is 434 g/mol. The normalized spacial score (nSPS) is 11.9. The van der Waals surface area contributed by atoms with E-state index in [1.165, 1.54) is 24.3 Å². The van der Waals surface area contributed by atoms with Crippen molar-refractivity contribution in [2.24, 2.45) is 4.99 Å². The second-order valence-corrected chi connectivity index (χ2v) is 7.41. The minimum atomic E-state index is -2.90. The fraction of sp³-hybridized carbons (Fsp3) is 0.435. The van der Waals surface area contributed by atoms with Gasteiger partial charge in [0.1, 0.15) is 11.5 Å². The number of aliphatic imine (C=N–C) groups is 1. The molecule has 0 aliphatic heterocycles. The molecule has 0 fully saturated rings. The Labute approximate surface area is 183 Å². The fourth-order valence-corrected chi connectivity index (χ4v) is 2.95. The SMILES string of the molecule is CN=C(NCc1ccccc1CN(C)C(C)C)NCc1cc(OC)ccc1OC(F)F. The highest BCUT2D eigenvalue weighted by atomic mass is 19.3. The number of guanidine groups is 1. The van der Waals surface area contributed by atoms with E-state index in [2.05, 4.69) is 58.3 Å². The molecule has 0 saturated heterocycles. The van der Waals surface area contributed by atoms with Gasteiger partial charge in [0.2, 0.25) is 0 Å². The van der Waals surface area contributed by atoms with Crippen LogP contribution in [0.5, 0.6) is 11.5 Å². The van der Waals surface area contributed by atoms with Crippen molar-refractivity contribution in [1.29, 1.82) is 0 Å². The zero-order valence-electron chi connectivity index (χ0n) is 18.8. The van der Waals surface area contributed by atoms with Gasteiger partial charge in [-0.25, -0.2) is 0 Å². The number of alkyl halides is 2. The quantitative estimate of drug-likeness (QED) is 0.437. The molecule has 0 aliphatic rings. The van der Waals surface area contributed by atoms with Crippen molar-refractivity contribution in [2.75, 3.05) is 21.2 Å². The van der Waals surface area contributed by atoms with Gasteiger partial charge in [-0.3, -0.25) is 9.89 Å². The summed E-state index contributed by atoms with van der Waals surface area (Å²) in [6.45, 7) is 3.11. The van der Waals surface area contributed by atoms with Gasteiger partial charge >= 0.3 is 6.61 Å². The van der Waals surface area contributed by atoms with Crippen molar-refractivity contribution in [2.45, 2.75) is 46.1 Å². The molecule has 0 unspecified atom stereocenters. The third-order valence-corrected chi connectivity index (χ3v) is 5.02. The average molecular weight is 435 g/mol. The van der Waals surface area contributed by atoms with E-state index >= 15 is 0 Å². The van der Waals surface area contributed by atoms with Crippen LogP contribution in [0, 0.1) is 0 Å². The van der Waals surface area contributed by atoms with Crippen molar-refractivity contribution in [3.05, 3.63) is 59.2 Å². The van der Waals surface area contributed by atoms with Crippen LogP contribution in [0.15, 0.2) is 47.5 Å². The van der Waals surface area contributed by atoms with Crippen molar-refractivity contribution in [1.82, 2.24) is 15.5 Å². The van der Waals surface area contributed by atoms with Crippen LogP contribution in [0.4, 0.5) is 8.78 Å². The maximum absolute atomic E-state index is 12.7. The number of nitrogens with zero attached hydrogens (tertiary/aromatic N) is 2. The van der Waals surface area contributed by atoms with Gasteiger partial charge in [-0.2, -0.15) is 8.78 Å². The van der Waals surface area contributed by atoms with Crippen LogP contribution >= 0.6 is 0 Å². The van der Waals surface area contributed by atoms with Gasteiger partial charge in [0, 0.05) is 38.3 Å². The van der Waals surface area contributed by atoms with Crippen molar-refractivity contribution >= 4 is 5.96 Å². The molecule has 0 atom stereocenters. The van der Waals surface area contributed by atoms with Crippen LogP contribution in [0.3, 0.4) is 0 Å². The Morgan fingerprint density at radius 2 is 1.68 bits per heavy atom. The molecule has 0 amide bonds. The first-order valence-electron chi connectivity index (χ1n) is 10.2. The summed E-state index contributed by atoms with van der Waals surface area (Å²) in [7, 11) is 5.29.